The van der Waals surface area contributed by atoms with Gasteiger partial charge in [0.1, 0.15) is 0 Å². The lowest BCUT2D eigenvalue weighted by molar-refractivity contribution is -0.384. The molecular formula is C17H17N3O5. The number of imide groups is 1. The molecule has 130 valence electrons. The molecular weight excluding hydrogens is 326 g/mol. The van der Waals surface area contributed by atoms with E-state index in [1.54, 1.807) is 0 Å². The van der Waals surface area contributed by atoms with Gasteiger partial charge in [0.05, 0.1) is 16.8 Å². The largest absolute Gasteiger partial charge is 0.326 e. The Morgan fingerprint density at radius 1 is 1.20 bits per heavy atom. The molecule has 3 rings (SSSR count). The average molecular weight is 343 g/mol. The fourth-order valence-corrected chi connectivity index (χ4v) is 3.22. The molecule has 3 amide bonds. The Kier molecular flexibility index (Phi) is 4.60. The SMILES string of the molecule is O=C(CCN1C(=O)C2CC=CCC2C1=O)Nc1cccc([N+](=O)[O-])c1. The minimum atomic E-state index is -0.549. The summed E-state index contributed by atoms with van der Waals surface area (Å²) in [5.74, 6) is -1.46. The van der Waals surface area contributed by atoms with Gasteiger partial charge < -0.3 is 5.32 Å². The second kappa shape index (κ2) is 6.84. The summed E-state index contributed by atoms with van der Waals surface area (Å²) in [4.78, 5) is 48.0. The van der Waals surface area contributed by atoms with Gasteiger partial charge >= 0.3 is 0 Å². The van der Waals surface area contributed by atoms with Gasteiger partial charge in [-0.25, -0.2) is 0 Å². The Labute approximate surface area is 143 Å². The van der Waals surface area contributed by atoms with Crippen LogP contribution in [0, 0.1) is 22.0 Å². The highest BCUT2D eigenvalue weighted by Crippen LogP contribution is 2.35. The Hall–Kier alpha value is -3.03. The summed E-state index contributed by atoms with van der Waals surface area (Å²) < 4.78 is 0. The number of hydrogen-bond donors (Lipinski definition) is 1. The molecule has 0 bridgehead atoms. The summed E-state index contributed by atoms with van der Waals surface area (Å²) in [6, 6.07) is 5.59. The third-order valence-electron chi connectivity index (χ3n) is 4.50. The molecule has 8 heteroatoms. The monoisotopic (exact) mass is 343 g/mol. The van der Waals surface area contributed by atoms with Gasteiger partial charge in [-0.2, -0.15) is 0 Å². The van der Waals surface area contributed by atoms with Crippen LogP contribution in [0.25, 0.3) is 0 Å². The Morgan fingerprint density at radius 3 is 2.44 bits per heavy atom. The fourth-order valence-electron chi connectivity index (χ4n) is 3.22. The Morgan fingerprint density at radius 2 is 1.84 bits per heavy atom. The van der Waals surface area contributed by atoms with Gasteiger partial charge in [-0.15, -0.1) is 0 Å². The van der Waals surface area contributed by atoms with Crippen molar-refractivity contribution in [2.75, 3.05) is 11.9 Å². The molecule has 1 saturated heterocycles. The number of anilines is 1. The number of carbonyl (C=O) groups is 3. The van der Waals surface area contributed by atoms with Crippen LogP contribution in [0.3, 0.4) is 0 Å². The number of likely N-dealkylation sites (tertiary alicyclic amines) is 1. The molecule has 0 aromatic heterocycles. The van der Waals surface area contributed by atoms with Crippen LogP contribution in [0.5, 0.6) is 0 Å². The van der Waals surface area contributed by atoms with Crippen LogP contribution in [0.4, 0.5) is 11.4 Å². The van der Waals surface area contributed by atoms with E-state index in [9.17, 15) is 24.5 Å². The molecule has 8 nitrogen and oxygen atoms in total. The zero-order chi connectivity index (χ0) is 18.0. The molecule has 2 unspecified atom stereocenters. The van der Waals surface area contributed by atoms with E-state index in [0.717, 1.165) is 4.90 Å². The lowest BCUT2D eigenvalue weighted by atomic mass is 9.85. The summed E-state index contributed by atoms with van der Waals surface area (Å²) in [6.45, 7) is 0.0193. The van der Waals surface area contributed by atoms with Gasteiger partial charge in [-0.3, -0.25) is 29.4 Å². The molecule has 2 aliphatic rings. The predicted molar refractivity (Wildman–Crippen MR) is 88.4 cm³/mol. The maximum absolute atomic E-state index is 12.3. The number of allylic oxidation sites excluding steroid dienone is 2. The topological polar surface area (TPSA) is 110 Å². The quantitative estimate of drug-likeness (QED) is 0.380. The summed E-state index contributed by atoms with van der Waals surface area (Å²) in [6.07, 6.45) is 4.89. The van der Waals surface area contributed by atoms with Crippen LogP contribution in [0.2, 0.25) is 0 Å². The van der Waals surface area contributed by atoms with Crippen molar-refractivity contribution in [2.45, 2.75) is 19.3 Å². The molecule has 1 aromatic rings. The first-order chi connectivity index (χ1) is 12.0. The lowest BCUT2D eigenvalue weighted by Gasteiger charge is -2.14. The first-order valence-corrected chi connectivity index (χ1v) is 8.02. The average Bonchev–Trinajstić information content (AvgIpc) is 2.85. The molecule has 1 aliphatic carbocycles. The van der Waals surface area contributed by atoms with Crippen molar-refractivity contribution in [2.24, 2.45) is 11.8 Å². The number of hydrogen-bond acceptors (Lipinski definition) is 5. The number of amides is 3. The lowest BCUT2D eigenvalue weighted by Crippen LogP contribution is -2.34. The number of nitrogens with zero attached hydrogens (tertiary/aromatic N) is 2. The standard InChI is InChI=1S/C17H17N3O5/c21-15(18-11-4-3-5-12(10-11)20(24)25)8-9-19-16(22)13-6-1-2-7-14(13)17(19)23/h1-5,10,13-14H,6-9H2,(H,18,21). The van der Waals surface area contributed by atoms with E-state index in [1.165, 1.54) is 24.3 Å². The minimum Gasteiger partial charge on any atom is -0.326 e. The van der Waals surface area contributed by atoms with E-state index >= 15 is 0 Å². The van der Waals surface area contributed by atoms with Crippen molar-refractivity contribution >= 4 is 29.1 Å². The van der Waals surface area contributed by atoms with Crippen LogP contribution in [0.15, 0.2) is 36.4 Å². The molecule has 2 atom stereocenters. The van der Waals surface area contributed by atoms with Crippen LogP contribution in [-0.2, 0) is 14.4 Å². The molecule has 0 radical (unpaired) electrons. The second-order valence-corrected chi connectivity index (χ2v) is 6.09. The maximum atomic E-state index is 12.3. The van der Waals surface area contributed by atoms with Crippen LogP contribution < -0.4 is 5.32 Å². The number of nitro groups is 1. The van der Waals surface area contributed by atoms with E-state index in [2.05, 4.69) is 5.32 Å². The Balaban J connectivity index is 1.58. The van der Waals surface area contributed by atoms with Crippen molar-refractivity contribution in [3.8, 4) is 0 Å². The number of benzene rings is 1. The highest BCUT2D eigenvalue weighted by molar-refractivity contribution is 6.05. The Bertz CT molecular complexity index is 747. The first kappa shape index (κ1) is 16.8. The van der Waals surface area contributed by atoms with Crippen LogP contribution in [-0.4, -0.2) is 34.1 Å². The van der Waals surface area contributed by atoms with E-state index < -0.39 is 10.8 Å². The van der Waals surface area contributed by atoms with Gasteiger partial charge in [0.15, 0.2) is 0 Å². The molecule has 0 spiro atoms. The van der Waals surface area contributed by atoms with E-state index in [4.69, 9.17) is 0 Å². The predicted octanol–water partition coefficient (Wildman–Crippen LogP) is 1.87. The zero-order valence-corrected chi connectivity index (χ0v) is 13.4. The zero-order valence-electron chi connectivity index (χ0n) is 13.4. The van der Waals surface area contributed by atoms with Gasteiger partial charge in [-0.05, 0) is 18.9 Å². The van der Waals surface area contributed by atoms with Crippen molar-refractivity contribution in [1.82, 2.24) is 4.90 Å². The van der Waals surface area contributed by atoms with E-state index in [-0.39, 0.29) is 42.3 Å². The third-order valence-corrected chi connectivity index (χ3v) is 4.50. The molecule has 1 aromatic carbocycles. The number of nitro benzene ring substituents is 1. The molecule has 1 N–H and O–H groups in total. The molecule has 25 heavy (non-hydrogen) atoms. The van der Waals surface area contributed by atoms with Gasteiger partial charge in [0.2, 0.25) is 17.7 Å². The van der Waals surface area contributed by atoms with Crippen molar-refractivity contribution in [3.05, 3.63) is 46.5 Å². The summed E-state index contributed by atoms with van der Waals surface area (Å²) >= 11 is 0. The number of nitrogens with one attached hydrogen (secondary N) is 1. The molecule has 1 aliphatic heterocycles. The van der Waals surface area contributed by atoms with Crippen molar-refractivity contribution in [3.63, 3.8) is 0 Å². The van der Waals surface area contributed by atoms with Crippen molar-refractivity contribution < 1.29 is 19.3 Å². The second-order valence-electron chi connectivity index (χ2n) is 6.09. The highest BCUT2D eigenvalue weighted by Gasteiger charge is 2.46. The van der Waals surface area contributed by atoms with Crippen molar-refractivity contribution in [1.29, 1.82) is 0 Å². The van der Waals surface area contributed by atoms with E-state index in [0.29, 0.717) is 18.5 Å². The number of fused-ring (bicyclic) bond motifs is 1. The molecule has 0 saturated carbocycles. The minimum absolute atomic E-state index is 0.0193. The van der Waals surface area contributed by atoms with Gasteiger partial charge in [0.25, 0.3) is 5.69 Å². The number of rotatable bonds is 5. The normalized spacial score (nSPS) is 22.0. The van der Waals surface area contributed by atoms with Gasteiger partial charge in [-0.1, -0.05) is 18.2 Å². The fraction of sp³-hybridized carbons (Fsp3) is 0.353. The number of carbonyl (C=O) groups excluding carboxylic acids is 3. The first-order valence-electron chi connectivity index (χ1n) is 8.02. The van der Waals surface area contributed by atoms with Gasteiger partial charge in [0, 0.05) is 30.8 Å². The molecule has 1 fully saturated rings. The molecule has 1 heterocycles. The summed E-state index contributed by atoms with van der Waals surface area (Å²) in [5.41, 5.74) is 0.176. The summed E-state index contributed by atoms with van der Waals surface area (Å²) in [7, 11) is 0. The van der Waals surface area contributed by atoms with Crippen LogP contribution in [0.1, 0.15) is 19.3 Å². The third kappa shape index (κ3) is 3.42. The van der Waals surface area contributed by atoms with E-state index in [1.807, 2.05) is 12.2 Å². The summed E-state index contributed by atoms with van der Waals surface area (Å²) in [5, 5.41) is 13.3. The van der Waals surface area contributed by atoms with Crippen LogP contribution >= 0.6 is 0 Å². The number of non-ortho nitro benzene ring substituents is 1. The maximum Gasteiger partial charge on any atom is 0.271 e. The highest BCUT2D eigenvalue weighted by atomic mass is 16.6. The smallest absolute Gasteiger partial charge is 0.271 e.